The first-order valence-corrected chi connectivity index (χ1v) is 10.1. The van der Waals surface area contributed by atoms with Crippen molar-refractivity contribution in [2.45, 2.75) is 38.8 Å². The van der Waals surface area contributed by atoms with Crippen LogP contribution < -0.4 is 5.32 Å². The van der Waals surface area contributed by atoms with Gasteiger partial charge in [0.2, 0.25) is 0 Å². The second-order valence-corrected chi connectivity index (χ2v) is 7.63. The molecule has 2 atom stereocenters. The molecule has 1 N–H and O–H groups in total. The van der Waals surface area contributed by atoms with Gasteiger partial charge in [-0.15, -0.1) is 11.3 Å². The normalized spacial score (nSPS) is 20.8. The van der Waals surface area contributed by atoms with E-state index < -0.39 is 11.9 Å². The molecule has 1 aromatic heterocycles. The molecule has 1 saturated heterocycles. The molecule has 1 aromatic carbocycles. The van der Waals surface area contributed by atoms with Crippen molar-refractivity contribution in [3.8, 4) is 0 Å². The number of morpholine rings is 1. The summed E-state index contributed by atoms with van der Waals surface area (Å²) in [5.41, 5.74) is -0.0392. The molecule has 0 radical (unpaired) electrons. The maximum Gasteiger partial charge on any atom is 0.434 e. The molecular weight excluding hydrogens is 408 g/mol. The van der Waals surface area contributed by atoms with Crippen LogP contribution in [0.25, 0.3) is 0 Å². The molecule has 158 valence electrons. The Morgan fingerprint density at radius 3 is 2.66 bits per heavy atom. The number of rotatable bonds is 4. The molecular formula is C19H22F4N4OS. The topological polar surface area (TPSA) is 49.8 Å². The van der Waals surface area contributed by atoms with Crippen LogP contribution in [0.15, 0.2) is 34.6 Å². The zero-order valence-electron chi connectivity index (χ0n) is 16.0. The fraction of sp³-hybridized carbons (Fsp3) is 0.474. The molecule has 2 aromatic rings. The third kappa shape index (κ3) is 5.66. The average molecular weight is 430 g/mol. The number of halogens is 4. The Kier molecular flexibility index (Phi) is 6.74. The molecule has 10 heteroatoms. The highest BCUT2D eigenvalue weighted by atomic mass is 32.1. The highest BCUT2D eigenvalue weighted by molar-refractivity contribution is 7.09. The van der Waals surface area contributed by atoms with E-state index in [0.29, 0.717) is 30.6 Å². The van der Waals surface area contributed by atoms with Crippen molar-refractivity contribution < 1.29 is 22.3 Å². The summed E-state index contributed by atoms with van der Waals surface area (Å²) in [6.07, 6.45) is -4.82. The lowest BCUT2D eigenvalue weighted by Gasteiger charge is -2.38. The molecule has 29 heavy (non-hydrogen) atoms. The molecule has 1 aliphatic heterocycles. The van der Waals surface area contributed by atoms with Gasteiger partial charge in [-0.1, -0.05) is 12.1 Å². The SMILES string of the molecule is CCNC(=NCc1nc(C(F)(F)F)cs1)N1CC(C)OC(c2ccc(F)cc2)C1. The van der Waals surface area contributed by atoms with Crippen LogP contribution in [-0.4, -0.2) is 41.6 Å². The van der Waals surface area contributed by atoms with Gasteiger partial charge in [-0.25, -0.2) is 14.4 Å². The molecule has 0 bridgehead atoms. The molecule has 0 spiro atoms. The van der Waals surface area contributed by atoms with Crippen LogP contribution in [0.4, 0.5) is 17.6 Å². The smallest absolute Gasteiger partial charge is 0.367 e. The van der Waals surface area contributed by atoms with Gasteiger partial charge in [-0.2, -0.15) is 13.2 Å². The second-order valence-electron chi connectivity index (χ2n) is 6.69. The van der Waals surface area contributed by atoms with Crippen molar-refractivity contribution >= 4 is 17.3 Å². The van der Waals surface area contributed by atoms with Gasteiger partial charge in [0.25, 0.3) is 0 Å². The van der Waals surface area contributed by atoms with Crippen molar-refractivity contribution in [3.63, 3.8) is 0 Å². The number of thiazole rings is 1. The highest BCUT2D eigenvalue weighted by Gasteiger charge is 2.33. The summed E-state index contributed by atoms with van der Waals surface area (Å²) in [6.45, 7) is 5.58. The quantitative estimate of drug-likeness (QED) is 0.448. The van der Waals surface area contributed by atoms with E-state index in [4.69, 9.17) is 4.74 Å². The van der Waals surface area contributed by atoms with E-state index in [0.717, 1.165) is 22.3 Å². The van der Waals surface area contributed by atoms with E-state index in [1.165, 1.54) is 12.1 Å². The fourth-order valence-corrected chi connectivity index (χ4v) is 3.79. The molecule has 5 nitrogen and oxygen atoms in total. The maximum absolute atomic E-state index is 13.2. The standard InChI is InChI=1S/C19H22F4N4OS/c1-3-24-18(25-8-17-26-16(11-29-17)19(21,22)23)27-9-12(2)28-15(10-27)13-4-6-14(20)7-5-13/h4-7,11-12,15H,3,8-10H2,1-2H3,(H,24,25). The number of aromatic nitrogens is 1. The predicted molar refractivity (Wildman–Crippen MR) is 103 cm³/mol. The lowest BCUT2D eigenvalue weighted by atomic mass is 10.1. The van der Waals surface area contributed by atoms with E-state index in [-0.39, 0.29) is 24.6 Å². The predicted octanol–water partition coefficient (Wildman–Crippen LogP) is 4.23. The molecule has 3 rings (SSSR count). The molecule has 2 unspecified atom stereocenters. The Balaban J connectivity index is 1.75. The van der Waals surface area contributed by atoms with Gasteiger partial charge in [0.15, 0.2) is 11.7 Å². The van der Waals surface area contributed by atoms with Gasteiger partial charge in [0, 0.05) is 18.5 Å². The number of nitrogens with zero attached hydrogens (tertiary/aromatic N) is 3. The number of hydrogen-bond acceptors (Lipinski definition) is 4. The second kappa shape index (κ2) is 9.08. The van der Waals surface area contributed by atoms with Crippen molar-refractivity contribution in [2.24, 2.45) is 4.99 Å². The van der Waals surface area contributed by atoms with E-state index in [1.54, 1.807) is 12.1 Å². The number of nitrogens with one attached hydrogen (secondary N) is 1. The van der Waals surface area contributed by atoms with E-state index in [1.807, 2.05) is 18.7 Å². The lowest BCUT2D eigenvalue weighted by Crippen LogP contribution is -2.50. The highest BCUT2D eigenvalue weighted by Crippen LogP contribution is 2.30. The van der Waals surface area contributed by atoms with Crippen LogP contribution in [0.2, 0.25) is 0 Å². The van der Waals surface area contributed by atoms with Gasteiger partial charge in [-0.3, -0.25) is 0 Å². The van der Waals surface area contributed by atoms with Gasteiger partial charge < -0.3 is 15.0 Å². The summed E-state index contributed by atoms with van der Waals surface area (Å²) in [5.74, 6) is 0.268. The summed E-state index contributed by atoms with van der Waals surface area (Å²) in [4.78, 5) is 10.1. The molecule has 1 fully saturated rings. The van der Waals surface area contributed by atoms with Crippen LogP contribution in [0.1, 0.15) is 36.2 Å². The number of benzene rings is 1. The third-order valence-corrected chi connectivity index (χ3v) is 5.18. The number of alkyl halides is 3. The summed E-state index contributed by atoms with van der Waals surface area (Å²) in [6, 6.07) is 6.16. The summed E-state index contributed by atoms with van der Waals surface area (Å²) in [5, 5.41) is 4.47. The summed E-state index contributed by atoms with van der Waals surface area (Å²) in [7, 11) is 0. The lowest BCUT2D eigenvalue weighted by molar-refractivity contribution is -0.140. The van der Waals surface area contributed by atoms with Gasteiger partial charge >= 0.3 is 6.18 Å². The maximum atomic E-state index is 13.2. The molecule has 0 aliphatic carbocycles. The Morgan fingerprint density at radius 2 is 2.03 bits per heavy atom. The largest absolute Gasteiger partial charge is 0.434 e. The Bertz CT molecular complexity index is 837. The van der Waals surface area contributed by atoms with Crippen LogP contribution >= 0.6 is 11.3 Å². The van der Waals surface area contributed by atoms with E-state index in [2.05, 4.69) is 15.3 Å². The van der Waals surface area contributed by atoms with Gasteiger partial charge in [0.1, 0.15) is 16.9 Å². The van der Waals surface area contributed by atoms with Gasteiger partial charge in [0.05, 0.1) is 19.2 Å². The Morgan fingerprint density at radius 1 is 1.31 bits per heavy atom. The summed E-state index contributed by atoms with van der Waals surface area (Å²) < 4.78 is 57.4. The Hall–Kier alpha value is -2.20. The number of hydrogen-bond donors (Lipinski definition) is 1. The van der Waals surface area contributed by atoms with Crippen LogP contribution in [0, 0.1) is 5.82 Å². The van der Waals surface area contributed by atoms with E-state index >= 15 is 0 Å². The average Bonchev–Trinajstić information content (AvgIpc) is 3.15. The minimum absolute atomic E-state index is 0.0516. The zero-order valence-corrected chi connectivity index (χ0v) is 16.9. The first-order valence-electron chi connectivity index (χ1n) is 9.22. The van der Waals surface area contributed by atoms with Crippen LogP contribution in [0.5, 0.6) is 0 Å². The first-order chi connectivity index (χ1) is 13.8. The van der Waals surface area contributed by atoms with E-state index in [9.17, 15) is 17.6 Å². The number of aliphatic imine (C=N–C) groups is 1. The minimum atomic E-state index is -4.45. The molecule has 0 amide bonds. The Labute approximate surface area is 170 Å². The molecule has 0 saturated carbocycles. The molecule has 2 heterocycles. The monoisotopic (exact) mass is 430 g/mol. The van der Waals surface area contributed by atoms with Crippen molar-refractivity contribution in [3.05, 3.63) is 51.7 Å². The van der Waals surface area contributed by atoms with Gasteiger partial charge in [-0.05, 0) is 31.5 Å². The summed E-state index contributed by atoms with van der Waals surface area (Å²) >= 11 is 0.938. The third-order valence-electron chi connectivity index (χ3n) is 4.34. The van der Waals surface area contributed by atoms with Crippen LogP contribution in [0.3, 0.4) is 0 Å². The molecule has 1 aliphatic rings. The first kappa shape index (κ1) is 21.5. The number of ether oxygens (including phenoxy) is 1. The van der Waals surface area contributed by atoms with Crippen molar-refractivity contribution in [1.82, 2.24) is 15.2 Å². The van der Waals surface area contributed by atoms with Crippen molar-refractivity contribution in [1.29, 1.82) is 0 Å². The van der Waals surface area contributed by atoms with Crippen molar-refractivity contribution in [2.75, 3.05) is 19.6 Å². The van der Waals surface area contributed by atoms with Crippen LogP contribution in [-0.2, 0) is 17.5 Å². The zero-order chi connectivity index (χ0) is 21.0. The fourth-order valence-electron chi connectivity index (χ4n) is 3.07. The minimum Gasteiger partial charge on any atom is -0.367 e. The number of guanidine groups is 1.